The number of ether oxygens (including phenoxy) is 1. The molecule has 3 amide bonds. The number of carbonyl (C=O) groups is 3. The predicted octanol–water partition coefficient (Wildman–Crippen LogP) is 2.72. The minimum Gasteiger partial charge on any atom is -0.484 e. The van der Waals surface area contributed by atoms with Crippen molar-refractivity contribution in [3.8, 4) is 5.75 Å². The van der Waals surface area contributed by atoms with Crippen molar-refractivity contribution in [1.82, 2.24) is 10.7 Å². The highest BCUT2D eigenvalue weighted by Crippen LogP contribution is 2.14. The molecule has 32 heavy (non-hydrogen) atoms. The van der Waals surface area contributed by atoms with E-state index >= 15 is 0 Å². The number of rotatable bonds is 8. The highest BCUT2D eigenvalue weighted by molar-refractivity contribution is 6.35. The second kappa shape index (κ2) is 11.3. The molecular formula is C22H19ClN4O5. The topological polar surface area (TPSA) is 122 Å². The maximum absolute atomic E-state index is 12.0. The number of carbonyl (C=O) groups excluding carboxylic acids is 3. The minimum absolute atomic E-state index is 0.0912. The van der Waals surface area contributed by atoms with Gasteiger partial charge in [0.15, 0.2) is 6.61 Å². The molecule has 0 atom stereocenters. The summed E-state index contributed by atoms with van der Waals surface area (Å²) >= 11 is 5.81. The third-order valence-corrected chi connectivity index (χ3v) is 4.20. The molecule has 3 aromatic rings. The molecule has 0 saturated carbocycles. The number of furan rings is 1. The average molecular weight is 455 g/mol. The fourth-order valence-electron chi connectivity index (χ4n) is 2.44. The number of amides is 3. The smallest absolute Gasteiger partial charge is 0.329 e. The molecule has 164 valence electrons. The number of nitrogens with zero attached hydrogens (tertiary/aromatic N) is 1. The summed E-state index contributed by atoms with van der Waals surface area (Å²) in [5.74, 6) is -1.14. The molecule has 0 aliphatic heterocycles. The molecule has 1 aromatic heterocycles. The first-order valence-corrected chi connectivity index (χ1v) is 9.79. The lowest BCUT2D eigenvalue weighted by atomic mass is 10.2. The summed E-state index contributed by atoms with van der Waals surface area (Å²) in [6, 6.07) is 16.8. The fraction of sp³-hybridized carbons (Fsp3) is 0.0909. The van der Waals surface area contributed by atoms with Crippen LogP contribution in [0.5, 0.6) is 5.75 Å². The Kier molecular flexibility index (Phi) is 7.99. The van der Waals surface area contributed by atoms with Crippen LogP contribution in [0.3, 0.4) is 0 Å². The summed E-state index contributed by atoms with van der Waals surface area (Å²) in [5.41, 5.74) is 3.33. The Hall–Kier alpha value is -4.11. The molecule has 0 bridgehead atoms. The van der Waals surface area contributed by atoms with Gasteiger partial charge in [0, 0.05) is 10.7 Å². The zero-order valence-electron chi connectivity index (χ0n) is 16.7. The van der Waals surface area contributed by atoms with Gasteiger partial charge in [-0.25, -0.2) is 5.43 Å². The van der Waals surface area contributed by atoms with E-state index in [1.54, 1.807) is 60.7 Å². The maximum Gasteiger partial charge on any atom is 0.329 e. The summed E-state index contributed by atoms with van der Waals surface area (Å²) in [6.45, 7) is -0.107. The lowest BCUT2D eigenvalue weighted by Crippen LogP contribution is -2.37. The van der Waals surface area contributed by atoms with Gasteiger partial charge in [0.25, 0.3) is 5.91 Å². The monoisotopic (exact) mass is 454 g/mol. The zero-order chi connectivity index (χ0) is 22.8. The first kappa shape index (κ1) is 22.6. The lowest BCUT2D eigenvalue weighted by molar-refractivity contribution is -0.139. The van der Waals surface area contributed by atoms with E-state index in [-0.39, 0.29) is 19.1 Å². The van der Waals surface area contributed by atoms with Gasteiger partial charge >= 0.3 is 11.8 Å². The standard InChI is InChI=1S/C22H19ClN4O5/c23-16-6-8-17(9-7-16)26-20(28)14-32-18-4-1-3-15(11-18)12-25-27-22(30)21(29)24-13-19-5-2-10-31-19/h1-12H,13-14H2,(H,24,29)(H,26,28)(H,27,30)/b25-12-. The van der Waals surface area contributed by atoms with Crippen molar-refractivity contribution in [2.45, 2.75) is 6.54 Å². The molecule has 0 aliphatic rings. The van der Waals surface area contributed by atoms with Crippen molar-refractivity contribution in [3.63, 3.8) is 0 Å². The van der Waals surface area contributed by atoms with Crippen LogP contribution in [0.15, 0.2) is 76.4 Å². The van der Waals surface area contributed by atoms with Crippen LogP contribution < -0.4 is 20.8 Å². The van der Waals surface area contributed by atoms with Gasteiger partial charge in [-0.3, -0.25) is 14.4 Å². The van der Waals surface area contributed by atoms with Crippen molar-refractivity contribution in [2.75, 3.05) is 11.9 Å². The van der Waals surface area contributed by atoms with Crippen LogP contribution in [0.1, 0.15) is 11.3 Å². The van der Waals surface area contributed by atoms with Crippen LogP contribution in [0.2, 0.25) is 5.02 Å². The van der Waals surface area contributed by atoms with Crippen LogP contribution >= 0.6 is 11.6 Å². The van der Waals surface area contributed by atoms with Crippen LogP contribution in [0.4, 0.5) is 5.69 Å². The number of halogens is 1. The van der Waals surface area contributed by atoms with Crippen molar-refractivity contribution in [2.24, 2.45) is 5.10 Å². The van der Waals surface area contributed by atoms with E-state index in [0.717, 1.165) is 0 Å². The third kappa shape index (κ3) is 7.29. The van der Waals surface area contributed by atoms with E-state index in [2.05, 4.69) is 21.2 Å². The zero-order valence-corrected chi connectivity index (χ0v) is 17.5. The van der Waals surface area contributed by atoms with Crippen LogP contribution in [-0.2, 0) is 20.9 Å². The van der Waals surface area contributed by atoms with Crippen LogP contribution in [0, 0.1) is 0 Å². The van der Waals surface area contributed by atoms with Gasteiger partial charge in [0.2, 0.25) is 0 Å². The number of hydrogen-bond donors (Lipinski definition) is 3. The molecule has 10 heteroatoms. The largest absolute Gasteiger partial charge is 0.484 e. The normalized spacial score (nSPS) is 10.5. The summed E-state index contributed by atoms with van der Waals surface area (Å²) in [7, 11) is 0. The highest BCUT2D eigenvalue weighted by Gasteiger charge is 2.12. The van der Waals surface area contributed by atoms with E-state index in [4.69, 9.17) is 20.8 Å². The van der Waals surface area contributed by atoms with E-state index in [1.807, 2.05) is 0 Å². The van der Waals surface area contributed by atoms with Gasteiger partial charge in [-0.15, -0.1) is 0 Å². The van der Waals surface area contributed by atoms with E-state index in [9.17, 15) is 14.4 Å². The Balaban J connectivity index is 1.43. The number of hydrazone groups is 1. The Labute approximate surface area is 188 Å². The Morgan fingerprint density at radius 1 is 1.03 bits per heavy atom. The molecule has 0 unspecified atom stereocenters. The summed E-state index contributed by atoms with van der Waals surface area (Å²) in [5, 5.41) is 9.42. The Bertz CT molecular complexity index is 1100. The number of benzene rings is 2. The summed E-state index contributed by atoms with van der Waals surface area (Å²) in [4.78, 5) is 35.5. The second-order valence-electron chi connectivity index (χ2n) is 6.38. The minimum atomic E-state index is -0.918. The third-order valence-electron chi connectivity index (χ3n) is 3.95. The van der Waals surface area contributed by atoms with Crippen molar-refractivity contribution in [1.29, 1.82) is 0 Å². The first-order chi connectivity index (χ1) is 15.5. The maximum atomic E-state index is 12.0. The average Bonchev–Trinajstić information content (AvgIpc) is 3.31. The molecule has 0 spiro atoms. The molecule has 1 heterocycles. The van der Waals surface area contributed by atoms with Gasteiger partial charge in [0.05, 0.1) is 19.0 Å². The molecule has 9 nitrogen and oxygen atoms in total. The molecule has 0 aliphatic carbocycles. The van der Waals surface area contributed by atoms with Crippen LogP contribution in [0.25, 0.3) is 0 Å². The first-order valence-electron chi connectivity index (χ1n) is 9.41. The Morgan fingerprint density at radius 2 is 1.84 bits per heavy atom. The Morgan fingerprint density at radius 3 is 2.59 bits per heavy atom. The molecule has 3 rings (SSSR count). The summed E-state index contributed by atoms with van der Waals surface area (Å²) < 4.78 is 10.5. The highest BCUT2D eigenvalue weighted by atomic mass is 35.5. The van der Waals surface area contributed by atoms with Gasteiger partial charge in [-0.1, -0.05) is 23.7 Å². The molecule has 3 N–H and O–H groups in total. The lowest BCUT2D eigenvalue weighted by Gasteiger charge is -2.08. The molecule has 0 saturated heterocycles. The molecule has 0 fully saturated rings. The number of anilines is 1. The fourth-order valence-corrected chi connectivity index (χ4v) is 2.57. The molecule has 2 aromatic carbocycles. The predicted molar refractivity (Wildman–Crippen MR) is 118 cm³/mol. The van der Waals surface area contributed by atoms with Gasteiger partial charge in [0.1, 0.15) is 11.5 Å². The second-order valence-corrected chi connectivity index (χ2v) is 6.81. The number of hydrogen-bond acceptors (Lipinski definition) is 6. The van der Waals surface area contributed by atoms with E-state index in [0.29, 0.717) is 27.8 Å². The quantitative estimate of drug-likeness (QED) is 0.274. The molecule has 0 radical (unpaired) electrons. The molecular weight excluding hydrogens is 436 g/mol. The van der Waals surface area contributed by atoms with Crippen molar-refractivity contribution >= 4 is 41.2 Å². The van der Waals surface area contributed by atoms with Gasteiger partial charge in [-0.2, -0.15) is 5.10 Å². The van der Waals surface area contributed by atoms with Gasteiger partial charge in [-0.05, 0) is 54.1 Å². The van der Waals surface area contributed by atoms with Crippen molar-refractivity contribution in [3.05, 3.63) is 83.3 Å². The van der Waals surface area contributed by atoms with E-state index < -0.39 is 11.8 Å². The van der Waals surface area contributed by atoms with Crippen LogP contribution in [-0.4, -0.2) is 30.5 Å². The number of nitrogens with one attached hydrogen (secondary N) is 3. The summed E-state index contributed by atoms with van der Waals surface area (Å²) in [6.07, 6.45) is 2.81. The van der Waals surface area contributed by atoms with E-state index in [1.165, 1.54) is 12.5 Å². The SMILES string of the molecule is O=C(COc1cccc(/C=N\NC(=O)C(=O)NCc2ccco2)c1)Nc1ccc(Cl)cc1. The van der Waals surface area contributed by atoms with Crippen molar-refractivity contribution < 1.29 is 23.5 Å². The van der Waals surface area contributed by atoms with Gasteiger partial charge < -0.3 is 19.8 Å².